The lowest BCUT2D eigenvalue weighted by Crippen LogP contribution is -2.37. The van der Waals surface area contributed by atoms with Crippen molar-refractivity contribution in [1.82, 2.24) is 4.90 Å². The molecule has 0 aliphatic carbocycles. The SMILES string of the molecule is COc1ccc(CC2CCCN2C(=O)Cc2ccc3c(c2)OCCO3)cc1C. The van der Waals surface area contributed by atoms with Crippen molar-refractivity contribution < 1.29 is 19.0 Å². The number of carbonyl (C=O) groups is 1. The number of methoxy groups -OCH3 is 1. The van der Waals surface area contributed by atoms with Gasteiger partial charge in [-0.3, -0.25) is 4.79 Å². The van der Waals surface area contributed by atoms with Crippen molar-refractivity contribution in [2.75, 3.05) is 26.9 Å². The smallest absolute Gasteiger partial charge is 0.227 e. The minimum atomic E-state index is 0.185. The molecular weight excluding hydrogens is 354 g/mol. The number of fused-ring (bicyclic) bond motifs is 1. The molecule has 148 valence electrons. The van der Waals surface area contributed by atoms with Crippen molar-refractivity contribution in [3.8, 4) is 17.2 Å². The second-order valence-corrected chi connectivity index (χ2v) is 7.55. The van der Waals surface area contributed by atoms with Gasteiger partial charge in [-0.2, -0.15) is 0 Å². The molecule has 2 aromatic rings. The van der Waals surface area contributed by atoms with Crippen LogP contribution in [0.4, 0.5) is 0 Å². The third-order valence-electron chi connectivity index (χ3n) is 5.59. The summed E-state index contributed by atoms with van der Waals surface area (Å²) in [5, 5.41) is 0. The standard InChI is InChI=1S/C23H27NO4/c1-16-12-17(5-7-20(16)26-2)13-19-4-3-9-24(19)23(25)15-18-6-8-21-22(14-18)28-11-10-27-21/h5-8,12,14,19H,3-4,9-11,13,15H2,1-2H3. The maximum atomic E-state index is 13.0. The average Bonchev–Trinajstić information content (AvgIpc) is 3.16. The molecule has 1 unspecified atom stereocenters. The van der Waals surface area contributed by atoms with E-state index < -0.39 is 0 Å². The molecule has 28 heavy (non-hydrogen) atoms. The first-order chi connectivity index (χ1) is 13.6. The number of ether oxygens (including phenoxy) is 3. The van der Waals surface area contributed by atoms with Gasteiger partial charge in [0.25, 0.3) is 0 Å². The lowest BCUT2D eigenvalue weighted by atomic mass is 10.0. The molecule has 5 nitrogen and oxygen atoms in total. The minimum Gasteiger partial charge on any atom is -0.496 e. The predicted molar refractivity (Wildman–Crippen MR) is 107 cm³/mol. The molecule has 2 aliphatic heterocycles. The van der Waals surface area contributed by atoms with Crippen molar-refractivity contribution in [3.63, 3.8) is 0 Å². The topological polar surface area (TPSA) is 48.0 Å². The zero-order valence-electron chi connectivity index (χ0n) is 16.6. The van der Waals surface area contributed by atoms with E-state index >= 15 is 0 Å². The molecule has 0 N–H and O–H groups in total. The third kappa shape index (κ3) is 3.93. The molecule has 5 heteroatoms. The number of benzene rings is 2. The van der Waals surface area contributed by atoms with Crippen molar-refractivity contribution >= 4 is 5.91 Å². The van der Waals surface area contributed by atoms with E-state index in [0.29, 0.717) is 19.6 Å². The van der Waals surface area contributed by atoms with Crippen LogP contribution in [0.2, 0.25) is 0 Å². The van der Waals surface area contributed by atoms with Crippen LogP contribution in [0.15, 0.2) is 36.4 Å². The summed E-state index contributed by atoms with van der Waals surface area (Å²) in [5.41, 5.74) is 3.36. The molecule has 1 fully saturated rings. The Balaban J connectivity index is 1.43. The molecule has 2 aromatic carbocycles. The fourth-order valence-electron chi connectivity index (χ4n) is 4.19. The van der Waals surface area contributed by atoms with Gasteiger partial charge in [-0.15, -0.1) is 0 Å². The van der Waals surface area contributed by atoms with Gasteiger partial charge in [0.05, 0.1) is 13.5 Å². The van der Waals surface area contributed by atoms with Gasteiger partial charge in [-0.25, -0.2) is 0 Å². The largest absolute Gasteiger partial charge is 0.496 e. The molecular formula is C23H27NO4. The molecule has 0 spiro atoms. The number of hydrogen-bond donors (Lipinski definition) is 0. The number of rotatable bonds is 5. The quantitative estimate of drug-likeness (QED) is 0.795. The molecule has 4 rings (SSSR count). The van der Waals surface area contributed by atoms with Crippen LogP contribution in [0.25, 0.3) is 0 Å². The van der Waals surface area contributed by atoms with Gasteiger partial charge in [-0.1, -0.05) is 18.2 Å². The Hall–Kier alpha value is -2.69. The summed E-state index contributed by atoms with van der Waals surface area (Å²) >= 11 is 0. The first-order valence-corrected chi connectivity index (χ1v) is 9.95. The summed E-state index contributed by atoms with van der Waals surface area (Å²) in [7, 11) is 1.69. The lowest BCUT2D eigenvalue weighted by molar-refractivity contribution is -0.131. The zero-order chi connectivity index (χ0) is 19.5. The van der Waals surface area contributed by atoms with Crippen LogP contribution in [0.5, 0.6) is 17.2 Å². The van der Waals surface area contributed by atoms with Crippen LogP contribution in [-0.4, -0.2) is 43.7 Å². The highest BCUT2D eigenvalue weighted by atomic mass is 16.6. The highest BCUT2D eigenvalue weighted by Crippen LogP contribution is 2.31. The Morgan fingerprint density at radius 1 is 1.11 bits per heavy atom. The van der Waals surface area contributed by atoms with Gasteiger partial charge in [-0.05, 0) is 61.1 Å². The average molecular weight is 381 g/mol. The van der Waals surface area contributed by atoms with E-state index in [1.807, 2.05) is 24.3 Å². The van der Waals surface area contributed by atoms with Crippen LogP contribution in [0, 0.1) is 6.92 Å². The molecule has 2 aliphatic rings. The van der Waals surface area contributed by atoms with Crippen LogP contribution in [0.1, 0.15) is 29.5 Å². The van der Waals surface area contributed by atoms with Gasteiger partial charge in [0.15, 0.2) is 11.5 Å². The van der Waals surface area contributed by atoms with Gasteiger partial charge in [0, 0.05) is 12.6 Å². The number of carbonyl (C=O) groups excluding carboxylic acids is 1. The van der Waals surface area contributed by atoms with Gasteiger partial charge in [0.1, 0.15) is 19.0 Å². The molecule has 0 aromatic heterocycles. The highest BCUT2D eigenvalue weighted by Gasteiger charge is 2.29. The van der Waals surface area contributed by atoms with Crippen LogP contribution >= 0.6 is 0 Å². The second-order valence-electron chi connectivity index (χ2n) is 7.55. The Morgan fingerprint density at radius 2 is 1.89 bits per heavy atom. The molecule has 1 atom stereocenters. The number of nitrogens with zero attached hydrogens (tertiary/aromatic N) is 1. The van der Waals surface area contributed by atoms with Crippen LogP contribution in [0.3, 0.4) is 0 Å². The maximum absolute atomic E-state index is 13.0. The molecule has 1 saturated heterocycles. The molecule has 1 amide bonds. The lowest BCUT2D eigenvalue weighted by Gasteiger charge is -2.25. The van der Waals surface area contributed by atoms with E-state index in [1.54, 1.807) is 7.11 Å². The monoisotopic (exact) mass is 381 g/mol. The molecule has 0 saturated carbocycles. The number of hydrogen-bond acceptors (Lipinski definition) is 4. The van der Waals surface area contributed by atoms with Gasteiger partial charge >= 0.3 is 0 Å². The van der Waals surface area contributed by atoms with Crippen molar-refractivity contribution in [2.45, 2.75) is 38.6 Å². The maximum Gasteiger partial charge on any atom is 0.227 e. The summed E-state index contributed by atoms with van der Waals surface area (Å²) < 4.78 is 16.6. The molecule has 2 heterocycles. The number of likely N-dealkylation sites (tertiary alicyclic amines) is 1. The van der Waals surface area contributed by atoms with E-state index in [1.165, 1.54) is 5.56 Å². The minimum absolute atomic E-state index is 0.185. The predicted octanol–water partition coefficient (Wildman–Crippen LogP) is 3.55. The van der Waals surface area contributed by atoms with Crippen molar-refractivity contribution in [1.29, 1.82) is 0 Å². The van der Waals surface area contributed by atoms with Crippen molar-refractivity contribution in [3.05, 3.63) is 53.1 Å². The van der Waals surface area contributed by atoms with E-state index in [0.717, 1.165) is 54.2 Å². The zero-order valence-corrected chi connectivity index (χ0v) is 16.6. The number of amides is 1. The Labute approximate surface area is 166 Å². The highest BCUT2D eigenvalue weighted by molar-refractivity contribution is 5.79. The van der Waals surface area contributed by atoms with E-state index in [2.05, 4.69) is 24.0 Å². The van der Waals surface area contributed by atoms with E-state index in [4.69, 9.17) is 14.2 Å². The summed E-state index contributed by atoms with van der Waals surface area (Å²) in [6.45, 7) is 4.02. The summed E-state index contributed by atoms with van der Waals surface area (Å²) in [6.07, 6.45) is 3.40. The van der Waals surface area contributed by atoms with Crippen molar-refractivity contribution in [2.24, 2.45) is 0 Å². The molecule has 0 bridgehead atoms. The van der Waals surface area contributed by atoms with E-state index in [9.17, 15) is 4.79 Å². The van der Waals surface area contributed by atoms with Crippen LogP contribution < -0.4 is 14.2 Å². The summed E-state index contributed by atoms with van der Waals surface area (Å²) in [5.74, 6) is 2.59. The van der Waals surface area contributed by atoms with E-state index in [-0.39, 0.29) is 11.9 Å². The fraction of sp³-hybridized carbons (Fsp3) is 0.435. The van der Waals surface area contributed by atoms with Gasteiger partial charge < -0.3 is 19.1 Å². The fourth-order valence-corrected chi connectivity index (χ4v) is 4.19. The Kier molecular flexibility index (Phi) is 5.42. The molecule has 0 radical (unpaired) electrons. The van der Waals surface area contributed by atoms with Gasteiger partial charge in [0.2, 0.25) is 5.91 Å². The number of aryl methyl sites for hydroxylation is 1. The third-order valence-corrected chi connectivity index (χ3v) is 5.59. The first kappa shape index (κ1) is 18.7. The van der Waals surface area contributed by atoms with Crippen LogP contribution in [-0.2, 0) is 17.6 Å². The second kappa shape index (κ2) is 8.13. The summed E-state index contributed by atoms with van der Waals surface area (Å²) in [6, 6.07) is 12.3. The Bertz CT molecular complexity index is 864. The Morgan fingerprint density at radius 3 is 2.68 bits per heavy atom. The normalized spacial score (nSPS) is 18.2. The first-order valence-electron chi connectivity index (χ1n) is 9.95. The summed E-state index contributed by atoms with van der Waals surface area (Å²) in [4.78, 5) is 15.0.